The minimum absolute atomic E-state index is 0.000957. The van der Waals surface area contributed by atoms with Crippen molar-refractivity contribution < 1.29 is 14.7 Å². The average Bonchev–Trinajstić information content (AvgIpc) is 3.23. The van der Waals surface area contributed by atoms with E-state index in [1.165, 1.54) is 5.56 Å². The van der Waals surface area contributed by atoms with E-state index in [-0.39, 0.29) is 18.4 Å². The fraction of sp³-hybridized carbons (Fsp3) is 0.467. The summed E-state index contributed by atoms with van der Waals surface area (Å²) in [5, 5.41) is 11.7. The lowest BCUT2D eigenvalue weighted by atomic mass is 10.1. The number of carbonyl (C=O) groups excluding carboxylic acids is 1. The van der Waals surface area contributed by atoms with Crippen LogP contribution in [0.2, 0.25) is 0 Å². The lowest BCUT2D eigenvalue weighted by molar-refractivity contribution is -0.137. The number of nitrogens with one attached hydrogen (secondary N) is 1. The fourth-order valence-corrected chi connectivity index (χ4v) is 2.72. The number of carbonyl (C=O) groups is 2. The number of hydrogen-bond donors (Lipinski definition) is 2. The highest BCUT2D eigenvalue weighted by atomic mass is 32.2. The predicted octanol–water partition coefficient (Wildman–Crippen LogP) is 2.53. The van der Waals surface area contributed by atoms with E-state index in [1.54, 1.807) is 23.9 Å². The minimum Gasteiger partial charge on any atom is -0.481 e. The molecule has 0 saturated heterocycles. The maximum absolute atomic E-state index is 12.1. The Morgan fingerprint density at radius 1 is 1.35 bits per heavy atom. The number of aliphatic carboxylic acids is 1. The summed E-state index contributed by atoms with van der Waals surface area (Å²) < 4.78 is 0. The first-order valence-corrected chi connectivity index (χ1v) is 8.10. The van der Waals surface area contributed by atoms with E-state index in [0.29, 0.717) is 11.5 Å². The molecular formula is C15H19NO3S. The Bertz CT molecular complexity index is 482. The van der Waals surface area contributed by atoms with Crippen molar-refractivity contribution in [2.24, 2.45) is 5.92 Å². The summed E-state index contributed by atoms with van der Waals surface area (Å²) in [5.41, 5.74) is 1.77. The fourth-order valence-electron chi connectivity index (χ4n) is 2.19. The highest BCUT2D eigenvalue weighted by Crippen LogP contribution is 2.34. The quantitative estimate of drug-likeness (QED) is 0.810. The molecule has 1 aliphatic carbocycles. The van der Waals surface area contributed by atoms with Gasteiger partial charge in [0.2, 0.25) is 0 Å². The molecule has 2 N–H and O–H groups in total. The zero-order valence-corrected chi connectivity index (χ0v) is 12.3. The molecule has 108 valence electrons. The van der Waals surface area contributed by atoms with E-state index >= 15 is 0 Å². The van der Waals surface area contributed by atoms with Crippen LogP contribution in [0.3, 0.4) is 0 Å². The van der Waals surface area contributed by atoms with Crippen molar-refractivity contribution in [2.45, 2.75) is 31.1 Å². The Morgan fingerprint density at radius 2 is 2.00 bits per heavy atom. The SMILES string of the molecule is CSCc1ccc(C(=O)NC(CC(=O)O)C2CC2)cc1. The van der Waals surface area contributed by atoms with Gasteiger partial charge in [0, 0.05) is 17.4 Å². The van der Waals surface area contributed by atoms with Gasteiger partial charge in [-0.25, -0.2) is 0 Å². The summed E-state index contributed by atoms with van der Waals surface area (Å²) in [6.07, 6.45) is 4.05. The average molecular weight is 293 g/mol. The number of carboxylic acid groups (broad SMARTS) is 1. The molecule has 1 atom stereocenters. The molecule has 5 heteroatoms. The van der Waals surface area contributed by atoms with Crippen LogP contribution in [0.5, 0.6) is 0 Å². The first kappa shape index (κ1) is 14.9. The molecule has 0 aliphatic heterocycles. The second-order valence-corrected chi connectivity index (χ2v) is 6.01. The standard InChI is InChI=1S/C15H19NO3S/c1-20-9-10-2-4-12(5-3-10)15(19)16-13(8-14(17)18)11-6-7-11/h2-5,11,13H,6-9H2,1H3,(H,16,19)(H,17,18). The van der Waals surface area contributed by atoms with Crippen molar-refractivity contribution >= 4 is 23.6 Å². The Labute approximate surface area is 123 Å². The van der Waals surface area contributed by atoms with Crippen LogP contribution in [0.4, 0.5) is 0 Å². The largest absolute Gasteiger partial charge is 0.481 e. The molecule has 1 amide bonds. The van der Waals surface area contributed by atoms with Gasteiger partial charge in [0.15, 0.2) is 0 Å². The normalized spacial score (nSPS) is 15.7. The number of benzene rings is 1. The van der Waals surface area contributed by atoms with E-state index in [4.69, 9.17) is 5.11 Å². The summed E-state index contributed by atoms with van der Waals surface area (Å²) in [7, 11) is 0. The van der Waals surface area contributed by atoms with E-state index in [9.17, 15) is 9.59 Å². The molecule has 0 spiro atoms. The monoisotopic (exact) mass is 293 g/mol. The first-order valence-electron chi connectivity index (χ1n) is 6.70. The van der Waals surface area contributed by atoms with Crippen molar-refractivity contribution in [1.82, 2.24) is 5.32 Å². The summed E-state index contributed by atoms with van der Waals surface area (Å²) >= 11 is 1.73. The topological polar surface area (TPSA) is 66.4 Å². The van der Waals surface area contributed by atoms with Crippen LogP contribution < -0.4 is 5.32 Å². The molecule has 1 aromatic carbocycles. The third kappa shape index (κ3) is 4.27. The molecule has 1 fully saturated rings. The molecule has 0 bridgehead atoms. The van der Waals surface area contributed by atoms with Gasteiger partial charge in [-0.05, 0) is 42.7 Å². The molecule has 4 nitrogen and oxygen atoms in total. The highest BCUT2D eigenvalue weighted by molar-refractivity contribution is 7.97. The first-order chi connectivity index (χ1) is 9.60. The van der Waals surface area contributed by atoms with Gasteiger partial charge in [-0.1, -0.05) is 12.1 Å². The molecule has 1 saturated carbocycles. The van der Waals surface area contributed by atoms with Crippen LogP contribution in [0.25, 0.3) is 0 Å². The van der Waals surface area contributed by atoms with Crippen molar-refractivity contribution in [1.29, 1.82) is 0 Å². The number of thioether (sulfide) groups is 1. The maximum atomic E-state index is 12.1. The van der Waals surface area contributed by atoms with Crippen molar-refractivity contribution in [3.05, 3.63) is 35.4 Å². The van der Waals surface area contributed by atoms with Crippen molar-refractivity contribution in [3.63, 3.8) is 0 Å². The molecule has 1 aliphatic rings. The van der Waals surface area contributed by atoms with E-state index in [2.05, 4.69) is 5.32 Å². The second-order valence-electron chi connectivity index (χ2n) is 5.15. The van der Waals surface area contributed by atoms with E-state index in [1.807, 2.05) is 18.4 Å². The maximum Gasteiger partial charge on any atom is 0.305 e. The zero-order chi connectivity index (χ0) is 14.5. The minimum atomic E-state index is -0.863. The molecule has 2 rings (SSSR count). The van der Waals surface area contributed by atoms with Crippen LogP contribution in [0.15, 0.2) is 24.3 Å². The third-order valence-electron chi connectivity index (χ3n) is 3.43. The highest BCUT2D eigenvalue weighted by Gasteiger charge is 2.33. The Morgan fingerprint density at radius 3 is 2.50 bits per heavy atom. The van der Waals surface area contributed by atoms with Gasteiger partial charge in [-0.15, -0.1) is 0 Å². The van der Waals surface area contributed by atoms with Gasteiger partial charge in [0.05, 0.1) is 6.42 Å². The van der Waals surface area contributed by atoms with Gasteiger partial charge >= 0.3 is 5.97 Å². The molecule has 1 unspecified atom stereocenters. The van der Waals surface area contributed by atoms with Gasteiger partial charge in [0.25, 0.3) is 5.91 Å². The number of amides is 1. The summed E-state index contributed by atoms with van der Waals surface area (Å²) in [6, 6.07) is 7.23. The van der Waals surface area contributed by atoms with Crippen LogP contribution in [0, 0.1) is 5.92 Å². The number of rotatable bonds is 7. The Hall–Kier alpha value is -1.49. The van der Waals surface area contributed by atoms with Gasteiger partial charge in [-0.3, -0.25) is 9.59 Å². The molecule has 0 aromatic heterocycles. The number of hydrogen-bond acceptors (Lipinski definition) is 3. The van der Waals surface area contributed by atoms with E-state index < -0.39 is 5.97 Å². The Kier molecular flexibility index (Phi) is 5.06. The van der Waals surface area contributed by atoms with Gasteiger partial charge < -0.3 is 10.4 Å². The summed E-state index contributed by atoms with van der Waals surface area (Å²) in [4.78, 5) is 23.0. The molecule has 0 radical (unpaired) electrons. The Balaban J connectivity index is 1.97. The lowest BCUT2D eigenvalue weighted by Crippen LogP contribution is -2.38. The lowest BCUT2D eigenvalue weighted by Gasteiger charge is -2.16. The molecular weight excluding hydrogens is 274 g/mol. The number of carboxylic acids is 1. The molecule has 1 aromatic rings. The van der Waals surface area contributed by atoms with Crippen LogP contribution in [-0.4, -0.2) is 29.3 Å². The smallest absolute Gasteiger partial charge is 0.305 e. The summed E-state index contributed by atoms with van der Waals surface area (Å²) in [5.74, 6) is 0.202. The predicted molar refractivity (Wildman–Crippen MR) is 79.9 cm³/mol. The second kappa shape index (κ2) is 6.79. The van der Waals surface area contributed by atoms with Gasteiger partial charge in [-0.2, -0.15) is 11.8 Å². The van der Waals surface area contributed by atoms with E-state index in [0.717, 1.165) is 18.6 Å². The molecule has 0 heterocycles. The van der Waals surface area contributed by atoms with Crippen molar-refractivity contribution in [2.75, 3.05) is 6.26 Å². The molecule has 20 heavy (non-hydrogen) atoms. The van der Waals surface area contributed by atoms with Crippen LogP contribution in [0.1, 0.15) is 35.2 Å². The van der Waals surface area contributed by atoms with Crippen molar-refractivity contribution in [3.8, 4) is 0 Å². The van der Waals surface area contributed by atoms with Crippen LogP contribution in [-0.2, 0) is 10.5 Å². The van der Waals surface area contributed by atoms with Crippen LogP contribution >= 0.6 is 11.8 Å². The third-order valence-corrected chi connectivity index (χ3v) is 4.05. The van der Waals surface area contributed by atoms with Gasteiger partial charge in [0.1, 0.15) is 0 Å². The zero-order valence-electron chi connectivity index (χ0n) is 11.5. The summed E-state index contributed by atoms with van der Waals surface area (Å²) in [6.45, 7) is 0.